The molecule has 1 saturated carbocycles. The zero-order chi connectivity index (χ0) is 53.7. The van der Waals surface area contributed by atoms with Gasteiger partial charge >= 0.3 is 34.6 Å². The first-order chi connectivity index (χ1) is 34.1. The van der Waals surface area contributed by atoms with E-state index < -0.39 is 112 Å². The van der Waals surface area contributed by atoms with Gasteiger partial charge in [-0.2, -0.15) is 23.4 Å². The molecule has 2 atom stereocenters. The second-order valence-electron chi connectivity index (χ2n) is 19.5. The molecule has 0 radical (unpaired) electrons. The first-order valence-electron chi connectivity index (χ1n) is 22.4. The quantitative estimate of drug-likeness (QED) is 0.0119. The molecule has 3 heterocycles. The Hall–Kier alpha value is -7.68. The zero-order valence-corrected chi connectivity index (χ0v) is 42.8. The van der Waals surface area contributed by atoms with Gasteiger partial charge in [-0.3, -0.25) is 19.5 Å². The number of carbonyl (C=O) groups excluding carboxylic acids is 6. The SMILES string of the molecule is CC(C)(C)OC(=O)Nc1nc(/C(=N\OC2(C(=O)OC(c3ccccc3)c3ccccc3)CC2)C(=O)N[C@@H]2C(=O)N(S(=O)(=O)O)[C@@H]2Cn2nc(CN=[N+]=[N-])c(CN(C(=O)OC(C)(C)C)C(=O)OC(C)(C)C)n2)cs1. The lowest BCUT2D eigenvalue weighted by molar-refractivity contribution is -0.164. The fourth-order valence-corrected chi connectivity index (χ4v) is 8.31. The summed E-state index contributed by atoms with van der Waals surface area (Å²) < 4.78 is 57.8. The minimum absolute atomic E-state index is 0.0614. The number of aromatic nitrogens is 4. The van der Waals surface area contributed by atoms with Gasteiger partial charge in [-0.15, -0.1) is 11.3 Å². The summed E-state index contributed by atoms with van der Waals surface area (Å²) in [7, 11) is -5.32. The molecule has 73 heavy (non-hydrogen) atoms. The number of amides is 5. The number of carbonyl (C=O) groups is 6. The number of imide groups is 1. The second-order valence-corrected chi connectivity index (χ2v) is 21.7. The van der Waals surface area contributed by atoms with E-state index in [1.165, 1.54) is 5.38 Å². The van der Waals surface area contributed by atoms with E-state index in [-0.39, 0.29) is 39.4 Å². The minimum Gasteiger partial charge on any atom is -0.450 e. The number of benzene rings is 2. The average Bonchev–Trinajstić information content (AvgIpc) is 3.78. The van der Waals surface area contributed by atoms with Gasteiger partial charge in [0, 0.05) is 23.1 Å². The standard InChI is InChI=1S/C45H54N12O14S2/c1-42(2,3)68-39(61)50-38-48-30(25-72-38)32(53-71-45(20-21-45)37(60)67-34(26-16-12-10-13-17-26)27-18-14-11-15-19-27)35(58)49-33-31(57(36(33)59)73(64,65)66)24-56-51-28(22-47-54-46)29(52-56)23-55(40(62)69-43(4,5)6)41(63)70-44(7,8)9/h10-19,25,31,33-34H,20-24H2,1-9H3,(H,49,58)(H,48,50,61)(H,64,65,66)/b53-32+/t31-,33+/m1/s1. The van der Waals surface area contributed by atoms with Crippen LogP contribution in [0.1, 0.15) is 109 Å². The fourth-order valence-electron chi connectivity index (χ4n) is 6.76. The molecule has 2 aliphatic rings. The number of thiazole rings is 1. The van der Waals surface area contributed by atoms with Gasteiger partial charge in [-0.25, -0.2) is 33.4 Å². The van der Waals surface area contributed by atoms with Crippen molar-refractivity contribution in [2.24, 2.45) is 10.3 Å². The number of nitrogens with zero attached hydrogens (tertiary/aromatic N) is 10. The number of nitrogens with one attached hydrogen (secondary N) is 2. The maximum absolute atomic E-state index is 14.4. The van der Waals surface area contributed by atoms with Gasteiger partial charge in [-0.05, 0) is 79.0 Å². The van der Waals surface area contributed by atoms with Crippen LogP contribution >= 0.6 is 11.3 Å². The van der Waals surface area contributed by atoms with Crippen LogP contribution in [0.2, 0.25) is 0 Å². The van der Waals surface area contributed by atoms with E-state index in [1.807, 2.05) is 0 Å². The van der Waals surface area contributed by atoms with Crippen molar-refractivity contribution in [3.8, 4) is 0 Å². The average molecular weight is 1050 g/mol. The van der Waals surface area contributed by atoms with Crippen molar-refractivity contribution >= 4 is 68.5 Å². The Balaban J connectivity index is 1.31. The van der Waals surface area contributed by atoms with Gasteiger partial charge < -0.3 is 29.1 Å². The molecule has 2 fully saturated rings. The van der Waals surface area contributed by atoms with Gasteiger partial charge in [-0.1, -0.05) is 70.9 Å². The van der Waals surface area contributed by atoms with Crippen molar-refractivity contribution < 1.29 is 65.5 Å². The number of anilines is 1. The molecule has 1 aliphatic carbocycles. The largest absolute Gasteiger partial charge is 0.450 e. The second kappa shape index (κ2) is 21.6. The van der Waals surface area contributed by atoms with Crippen LogP contribution in [0.25, 0.3) is 10.4 Å². The molecule has 1 aliphatic heterocycles. The number of azide groups is 1. The normalized spacial score (nSPS) is 16.6. The maximum Gasteiger partial charge on any atom is 0.420 e. The summed E-state index contributed by atoms with van der Waals surface area (Å²) >= 11 is 0.846. The van der Waals surface area contributed by atoms with Gasteiger partial charge in [0.15, 0.2) is 16.9 Å². The summed E-state index contributed by atoms with van der Waals surface area (Å²) in [4.78, 5) is 95.6. The molecule has 0 unspecified atom stereocenters. The molecule has 390 valence electrons. The summed E-state index contributed by atoms with van der Waals surface area (Å²) in [5.74, 6) is -3.33. The topological polar surface area (TPSA) is 338 Å². The molecule has 2 aromatic heterocycles. The van der Waals surface area contributed by atoms with Crippen molar-refractivity contribution in [2.75, 3.05) is 5.32 Å². The van der Waals surface area contributed by atoms with Crippen molar-refractivity contribution in [3.05, 3.63) is 105 Å². The first kappa shape index (κ1) is 54.6. The molecule has 28 heteroatoms. The fraction of sp³-hybridized carbons (Fsp3) is 0.467. The van der Waals surface area contributed by atoms with Crippen LogP contribution in [0.5, 0.6) is 0 Å². The van der Waals surface area contributed by atoms with Crippen LogP contribution in [0.15, 0.2) is 76.3 Å². The van der Waals surface area contributed by atoms with Crippen LogP contribution in [0, 0.1) is 0 Å². The third-order valence-electron chi connectivity index (χ3n) is 10.1. The molecule has 0 spiro atoms. The molecule has 26 nitrogen and oxygen atoms in total. The number of hydrogen-bond donors (Lipinski definition) is 3. The smallest absolute Gasteiger partial charge is 0.420 e. The maximum atomic E-state index is 14.4. The molecular formula is C45H54N12O14S2. The van der Waals surface area contributed by atoms with Crippen molar-refractivity contribution in [1.29, 1.82) is 0 Å². The van der Waals surface area contributed by atoms with E-state index in [1.54, 1.807) is 123 Å². The highest BCUT2D eigenvalue weighted by Gasteiger charge is 2.57. The highest BCUT2D eigenvalue weighted by atomic mass is 32.2. The Morgan fingerprint density at radius 3 is 1.95 bits per heavy atom. The third kappa shape index (κ3) is 14.5. The number of ether oxygens (including phenoxy) is 4. The number of β-lactam (4-membered cyclic amide) rings is 1. The molecule has 6 rings (SSSR count). The van der Waals surface area contributed by atoms with Crippen molar-refractivity contribution in [2.45, 2.75) is 135 Å². The number of hydrogen-bond acceptors (Lipinski definition) is 19. The van der Waals surface area contributed by atoms with Crippen LogP contribution in [-0.4, -0.2) is 118 Å². The van der Waals surface area contributed by atoms with Gasteiger partial charge in [0.2, 0.25) is 5.60 Å². The molecule has 4 aromatic rings. The molecule has 0 bridgehead atoms. The van der Waals surface area contributed by atoms with Gasteiger partial charge in [0.05, 0.1) is 25.3 Å². The Morgan fingerprint density at radius 1 is 0.890 bits per heavy atom. The van der Waals surface area contributed by atoms with E-state index in [2.05, 4.69) is 41.0 Å². The van der Waals surface area contributed by atoms with Crippen molar-refractivity contribution in [3.63, 3.8) is 0 Å². The van der Waals surface area contributed by atoms with E-state index >= 15 is 0 Å². The summed E-state index contributed by atoms with van der Waals surface area (Å²) in [6, 6.07) is 14.4. The molecule has 5 amide bonds. The van der Waals surface area contributed by atoms with Crippen LogP contribution in [0.3, 0.4) is 0 Å². The summed E-state index contributed by atoms with van der Waals surface area (Å²) in [6.07, 6.45) is -3.80. The van der Waals surface area contributed by atoms with E-state index in [0.29, 0.717) is 16.0 Å². The number of esters is 1. The Kier molecular flexibility index (Phi) is 16.2. The summed E-state index contributed by atoms with van der Waals surface area (Å²) in [5.41, 5.74) is 4.57. The van der Waals surface area contributed by atoms with Crippen LogP contribution in [-0.2, 0) is 68.1 Å². The predicted octanol–water partition coefficient (Wildman–Crippen LogP) is 6.35. The first-order valence-corrected chi connectivity index (χ1v) is 24.7. The predicted molar refractivity (Wildman–Crippen MR) is 257 cm³/mol. The monoisotopic (exact) mass is 1050 g/mol. The van der Waals surface area contributed by atoms with Gasteiger partial charge in [0.25, 0.3) is 11.8 Å². The van der Waals surface area contributed by atoms with Crippen LogP contribution < -0.4 is 10.6 Å². The Morgan fingerprint density at radius 2 is 1.44 bits per heavy atom. The number of oxime groups is 1. The molecular weight excluding hydrogens is 997 g/mol. The lowest BCUT2D eigenvalue weighted by atomic mass is 9.98. The molecule has 1 saturated heterocycles. The van der Waals surface area contributed by atoms with E-state index in [4.69, 9.17) is 29.3 Å². The van der Waals surface area contributed by atoms with Gasteiger partial charge in [0.1, 0.15) is 40.3 Å². The molecule has 3 N–H and O–H groups in total. The Labute approximate surface area is 422 Å². The van der Waals surface area contributed by atoms with Crippen LogP contribution in [0.4, 0.5) is 19.5 Å². The van der Waals surface area contributed by atoms with E-state index in [9.17, 15) is 41.7 Å². The zero-order valence-electron chi connectivity index (χ0n) is 41.2. The number of rotatable bonds is 17. The highest BCUT2D eigenvalue weighted by molar-refractivity contribution is 7.84. The lowest BCUT2D eigenvalue weighted by Gasteiger charge is -2.43. The Bertz CT molecular complexity index is 2850. The minimum atomic E-state index is -5.32. The highest BCUT2D eigenvalue weighted by Crippen LogP contribution is 2.43. The lowest BCUT2D eigenvalue weighted by Crippen LogP contribution is -2.73. The summed E-state index contributed by atoms with van der Waals surface area (Å²) in [5, 5.41) is 22.2. The molecule has 2 aromatic carbocycles. The van der Waals surface area contributed by atoms with Crippen molar-refractivity contribution in [1.82, 2.24) is 34.5 Å². The summed E-state index contributed by atoms with van der Waals surface area (Å²) in [6.45, 7) is 12.4. The third-order valence-corrected chi connectivity index (χ3v) is 11.8. The van der Waals surface area contributed by atoms with E-state index in [0.717, 1.165) is 16.1 Å².